The Balaban J connectivity index is 0.00000133. The molecular weight excluding hydrogens is 396 g/mol. The van der Waals surface area contributed by atoms with Crippen molar-refractivity contribution in [3.05, 3.63) is 71.3 Å². The Labute approximate surface area is 186 Å². The van der Waals surface area contributed by atoms with Gasteiger partial charge in [-0.1, -0.05) is 35.9 Å². The van der Waals surface area contributed by atoms with Crippen LogP contribution in [0.2, 0.25) is 0 Å². The smallest absolute Gasteiger partial charge is 0.251 e. The predicted molar refractivity (Wildman–Crippen MR) is 123 cm³/mol. The van der Waals surface area contributed by atoms with E-state index in [0.29, 0.717) is 30.8 Å². The van der Waals surface area contributed by atoms with Crippen LogP contribution in [0.1, 0.15) is 49.4 Å². The second kappa shape index (κ2) is 11.6. The number of ether oxygens (including phenoxy) is 1. The molecule has 0 spiro atoms. The number of aryl methyl sites for hydroxylation is 1. The van der Waals surface area contributed by atoms with Crippen molar-refractivity contribution in [2.75, 3.05) is 19.7 Å². The van der Waals surface area contributed by atoms with Crippen LogP contribution in [-0.2, 0) is 4.74 Å². The zero-order valence-corrected chi connectivity index (χ0v) is 18.3. The van der Waals surface area contributed by atoms with Crippen LogP contribution in [0.3, 0.4) is 0 Å². The third-order valence-electron chi connectivity index (χ3n) is 4.52. The molecule has 0 aromatic heterocycles. The minimum absolute atomic E-state index is 0. The van der Waals surface area contributed by atoms with E-state index in [1.807, 2.05) is 43.3 Å². The highest BCUT2D eigenvalue weighted by atomic mass is 16.5. The quantitative estimate of drug-likeness (QED) is 0.525. The molecule has 7 heteroatoms. The Morgan fingerprint density at radius 3 is 2.23 bits per heavy atom. The molecular formula is C24H36N2O5. The summed E-state index contributed by atoms with van der Waals surface area (Å²) in [5.74, 6) is -1.39. The number of hydrogen-bond donors (Lipinski definition) is 4. The van der Waals surface area contributed by atoms with Crippen LogP contribution in [-0.4, -0.2) is 53.6 Å². The van der Waals surface area contributed by atoms with Crippen LogP contribution in [0.15, 0.2) is 54.6 Å². The summed E-state index contributed by atoms with van der Waals surface area (Å²) >= 11 is 0. The minimum atomic E-state index is -1.50. The third-order valence-corrected chi connectivity index (χ3v) is 4.52. The Kier molecular flexibility index (Phi) is 9.18. The lowest BCUT2D eigenvalue weighted by atomic mass is 10.1. The normalized spacial score (nSPS) is 18.0. The minimum Gasteiger partial charge on any atom is -0.376 e. The molecule has 0 unspecified atom stereocenters. The Hall–Kier alpha value is -2.74. The second-order valence-corrected chi connectivity index (χ2v) is 8.21. The lowest BCUT2D eigenvalue weighted by Crippen LogP contribution is -2.32. The first-order valence-electron chi connectivity index (χ1n) is 10.4. The molecule has 2 atom stereocenters. The van der Waals surface area contributed by atoms with E-state index in [2.05, 4.69) is 10.6 Å². The molecule has 0 radical (unpaired) electrons. The van der Waals surface area contributed by atoms with Crippen LogP contribution in [0.25, 0.3) is 0 Å². The van der Waals surface area contributed by atoms with Gasteiger partial charge in [-0.05, 0) is 51.5 Å². The largest absolute Gasteiger partial charge is 0.376 e. The number of hydrogen-bond acceptors (Lipinski definition) is 5. The fourth-order valence-corrected chi connectivity index (χ4v) is 3.09. The second-order valence-electron chi connectivity index (χ2n) is 8.21. The van der Waals surface area contributed by atoms with Gasteiger partial charge in [-0.25, -0.2) is 0 Å². The summed E-state index contributed by atoms with van der Waals surface area (Å²) in [7, 11) is 0. The standard InChI is InChI=1S/C21H24N2O3.C3H8O2.2H2/c1-15-6-5-9-18(10-15)21(25)23-13-19-11-16(14-26-19)12-22-20(24)17-7-3-2-4-8-17;1-3(2,4)5;;/h2-10,16,19H,11-14H2,1H3,(H,22,24)(H,23,25);4-5H,1-2H3;2*1H/t16-,19+;;;/m1.../s1. The van der Waals surface area contributed by atoms with Gasteiger partial charge < -0.3 is 25.6 Å². The highest BCUT2D eigenvalue weighted by molar-refractivity contribution is 5.94. The monoisotopic (exact) mass is 432 g/mol. The third kappa shape index (κ3) is 9.74. The van der Waals surface area contributed by atoms with Gasteiger partial charge in [-0.3, -0.25) is 9.59 Å². The van der Waals surface area contributed by atoms with Gasteiger partial charge >= 0.3 is 0 Å². The Morgan fingerprint density at radius 2 is 1.58 bits per heavy atom. The SMILES string of the molecule is CC(C)(O)O.Cc1cccc(C(=O)NC[C@@H]2C[C@H](CNC(=O)c3ccccc3)CO2)c1.[HH].[HH]. The predicted octanol–water partition coefficient (Wildman–Crippen LogP) is 2.76. The summed E-state index contributed by atoms with van der Waals surface area (Å²) in [6.45, 7) is 6.22. The molecule has 2 aromatic rings. The number of aliphatic hydroxyl groups is 2. The van der Waals surface area contributed by atoms with Crippen LogP contribution >= 0.6 is 0 Å². The van der Waals surface area contributed by atoms with Crippen molar-refractivity contribution >= 4 is 11.8 Å². The molecule has 7 nitrogen and oxygen atoms in total. The van der Waals surface area contributed by atoms with Gasteiger partial charge in [-0.2, -0.15) is 0 Å². The number of carbonyl (C=O) groups excluding carboxylic acids is 2. The van der Waals surface area contributed by atoms with Gasteiger partial charge in [0.05, 0.1) is 12.7 Å². The van der Waals surface area contributed by atoms with Crippen LogP contribution in [0, 0.1) is 12.8 Å². The molecule has 1 aliphatic rings. The van der Waals surface area contributed by atoms with E-state index in [4.69, 9.17) is 14.9 Å². The summed E-state index contributed by atoms with van der Waals surface area (Å²) in [4.78, 5) is 24.3. The highest BCUT2D eigenvalue weighted by Gasteiger charge is 2.26. The van der Waals surface area contributed by atoms with E-state index in [-0.39, 0.29) is 26.7 Å². The van der Waals surface area contributed by atoms with E-state index in [1.54, 1.807) is 18.2 Å². The summed E-state index contributed by atoms with van der Waals surface area (Å²) in [6.07, 6.45) is 0.811. The van der Waals surface area contributed by atoms with E-state index in [0.717, 1.165) is 12.0 Å². The van der Waals surface area contributed by atoms with Crippen molar-refractivity contribution in [2.45, 2.75) is 39.1 Å². The molecule has 31 heavy (non-hydrogen) atoms. The number of amides is 2. The first-order chi connectivity index (χ1) is 14.6. The maximum atomic E-state index is 12.2. The first kappa shape index (κ1) is 24.5. The number of rotatable bonds is 6. The molecule has 2 aromatic carbocycles. The molecule has 3 rings (SSSR count). The first-order valence-corrected chi connectivity index (χ1v) is 10.4. The summed E-state index contributed by atoms with van der Waals surface area (Å²) in [5.41, 5.74) is 2.38. The molecule has 0 saturated carbocycles. The molecule has 2 amide bonds. The van der Waals surface area contributed by atoms with Crippen molar-refractivity contribution < 1.29 is 27.4 Å². The summed E-state index contributed by atoms with van der Waals surface area (Å²) in [6, 6.07) is 16.7. The lowest BCUT2D eigenvalue weighted by molar-refractivity contribution is -0.127. The molecule has 1 aliphatic heterocycles. The van der Waals surface area contributed by atoms with Crippen molar-refractivity contribution in [3.63, 3.8) is 0 Å². The maximum absolute atomic E-state index is 12.2. The lowest BCUT2D eigenvalue weighted by Gasteiger charge is -2.12. The van der Waals surface area contributed by atoms with Gasteiger partial charge in [0, 0.05) is 33.0 Å². The van der Waals surface area contributed by atoms with Gasteiger partial charge in [0.2, 0.25) is 0 Å². The van der Waals surface area contributed by atoms with E-state index >= 15 is 0 Å². The van der Waals surface area contributed by atoms with E-state index in [1.165, 1.54) is 13.8 Å². The topological polar surface area (TPSA) is 108 Å². The molecule has 1 fully saturated rings. The zero-order chi connectivity index (χ0) is 22.9. The van der Waals surface area contributed by atoms with Gasteiger partial charge in [0.25, 0.3) is 11.8 Å². The summed E-state index contributed by atoms with van der Waals surface area (Å²) in [5, 5.41) is 22.0. The molecule has 1 saturated heterocycles. The molecule has 0 aliphatic carbocycles. The number of carbonyl (C=O) groups is 2. The van der Waals surface area contributed by atoms with Crippen molar-refractivity contribution in [1.82, 2.24) is 10.6 Å². The average Bonchev–Trinajstić information content (AvgIpc) is 3.17. The van der Waals surface area contributed by atoms with Gasteiger partial charge in [-0.15, -0.1) is 0 Å². The molecule has 4 N–H and O–H groups in total. The van der Waals surface area contributed by atoms with Crippen LogP contribution < -0.4 is 10.6 Å². The van der Waals surface area contributed by atoms with Gasteiger partial charge in [0.1, 0.15) is 0 Å². The number of benzene rings is 2. The highest BCUT2D eigenvalue weighted by Crippen LogP contribution is 2.18. The average molecular weight is 433 g/mol. The molecule has 1 heterocycles. The summed E-state index contributed by atoms with van der Waals surface area (Å²) < 4.78 is 5.75. The Morgan fingerprint density at radius 1 is 1.00 bits per heavy atom. The van der Waals surface area contributed by atoms with Crippen LogP contribution in [0.5, 0.6) is 0 Å². The van der Waals surface area contributed by atoms with E-state index < -0.39 is 5.79 Å². The van der Waals surface area contributed by atoms with E-state index in [9.17, 15) is 9.59 Å². The van der Waals surface area contributed by atoms with Crippen molar-refractivity contribution in [2.24, 2.45) is 5.92 Å². The van der Waals surface area contributed by atoms with Gasteiger partial charge in [0.15, 0.2) is 5.79 Å². The maximum Gasteiger partial charge on any atom is 0.251 e. The molecule has 0 bridgehead atoms. The van der Waals surface area contributed by atoms with Crippen molar-refractivity contribution in [3.8, 4) is 0 Å². The Bertz CT molecular complexity index is 853. The number of nitrogens with one attached hydrogen (secondary N) is 2. The fourth-order valence-electron chi connectivity index (χ4n) is 3.09. The molecule has 172 valence electrons. The fraction of sp³-hybridized carbons (Fsp3) is 0.417. The zero-order valence-electron chi connectivity index (χ0n) is 18.3. The van der Waals surface area contributed by atoms with Crippen molar-refractivity contribution in [1.29, 1.82) is 0 Å². The van der Waals surface area contributed by atoms with Crippen LogP contribution in [0.4, 0.5) is 0 Å².